The molecule has 0 aliphatic rings. The lowest BCUT2D eigenvalue weighted by atomic mass is 10.2. The van der Waals surface area contributed by atoms with Gasteiger partial charge in [-0.2, -0.15) is 0 Å². The average Bonchev–Trinajstić information content (AvgIpc) is 2.59. The van der Waals surface area contributed by atoms with Crippen molar-refractivity contribution in [3.8, 4) is 17.2 Å². The highest BCUT2D eigenvalue weighted by atomic mass is 35.5. The number of benzene rings is 2. The lowest BCUT2D eigenvalue weighted by molar-refractivity contribution is -0.136. The molecular weight excluding hydrogens is 427 g/mol. The Bertz CT molecular complexity index is 828. The van der Waals surface area contributed by atoms with Crippen molar-refractivity contribution in [2.24, 2.45) is 0 Å². The predicted molar refractivity (Wildman–Crippen MR) is 109 cm³/mol. The Morgan fingerprint density at radius 2 is 1.43 bits per heavy atom. The van der Waals surface area contributed by atoms with E-state index < -0.39 is 11.9 Å². The number of carbonyl (C=O) groups is 2. The van der Waals surface area contributed by atoms with E-state index in [1.165, 1.54) is 12.1 Å². The molecular formula is C20H19Cl3O5. The maximum atomic E-state index is 12.0. The van der Waals surface area contributed by atoms with Crippen molar-refractivity contribution in [1.29, 1.82) is 0 Å². The van der Waals surface area contributed by atoms with Gasteiger partial charge in [-0.05, 0) is 44.5 Å². The number of hydrogen-bond donors (Lipinski definition) is 0. The van der Waals surface area contributed by atoms with Crippen LogP contribution in [0.5, 0.6) is 17.2 Å². The van der Waals surface area contributed by atoms with Gasteiger partial charge >= 0.3 is 11.9 Å². The fourth-order valence-corrected chi connectivity index (χ4v) is 3.12. The van der Waals surface area contributed by atoms with Crippen molar-refractivity contribution in [3.63, 3.8) is 0 Å². The molecule has 0 radical (unpaired) electrons. The van der Waals surface area contributed by atoms with Gasteiger partial charge in [0.2, 0.25) is 0 Å². The average molecular weight is 446 g/mol. The van der Waals surface area contributed by atoms with Gasteiger partial charge in [0.05, 0.1) is 16.1 Å². The van der Waals surface area contributed by atoms with Crippen molar-refractivity contribution < 1.29 is 23.8 Å². The molecule has 0 unspecified atom stereocenters. The molecule has 8 heteroatoms. The maximum absolute atomic E-state index is 12.0. The van der Waals surface area contributed by atoms with Crippen LogP contribution in [0.4, 0.5) is 0 Å². The molecule has 0 bridgehead atoms. The molecule has 0 aromatic heterocycles. The van der Waals surface area contributed by atoms with Gasteiger partial charge in [0.25, 0.3) is 0 Å². The Kier molecular flexibility index (Phi) is 8.42. The summed E-state index contributed by atoms with van der Waals surface area (Å²) in [5.74, 6) is -0.182. The number of rotatable bonds is 8. The van der Waals surface area contributed by atoms with Crippen molar-refractivity contribution in [2.75, 3.05) is 0 Å². The van der Waals surface area contributed by atoms with Crippen molar-refractivity contribution in [1.82, 2.24) is 0 Å². The van der Waals surface area contributed by atoms with Crippen LogP contribution in [-0.2, 0) is 9.59 Å². The van der Waals surface area contributed by atoms with E-state index in [2.05, 4.69) is 0 Å². The molecule has 0 saturated carbocycles. The van der Waals surface area contributed by atoms with E-state index in [-0.39, 0.29) is 41.2 Å². The topological polar surface area (TPSA) is 61.8 Å². The summed E-state index contributed by atoms with van der Waals surface area (Å²) >= 11 is 17.8. The van der Waals surface area contributed by atoms with Crippen molar-refractivity contribution in [2.45, 2.75) is 39.2 Å². The first-order valence-corrected chi connectivity index (χ1v) is 9.71. The monoisotopic (exact) mass is 444 g/mol. The summed E-state index contributed by atoms with van der Waals surface area (Å²) in [4.78, 5) is 24.0. The number of carbonyl (C=O) groups excluding carboxylic acids is 2. The minimum absolute atomic E-state index is 0.00543. The second-order valence-corrected chi connectivity index (χ2v) is 7.36. The van der Waals surface area contributed by atoms with Crippen LogP contribution in [0.15, 0.2) is 36.4 Å². The number of halogens is 3. The van der Waals surface area contributed by atoms with Crippen LogP contribution in [0.2, 0.25) is 15.1 Å². The quantitative estimate of drug-likeness (QED) is 0.362. The molecule has 0 saturated heterocycles. The van der Waals surface area contributed by atoms with E-state index >= 15 is 0 Å². The van der Waals surface area contributed by atoms with Gasteiger partial charge in [-0.15, -0.1) is 0 Å². The summed E-state index contributed by atoms with van der Waals surface area (Å²) in [7, 11) is 0. The molecule has 0 N–H and O–H groups in total. The van der Waals surface area contributed by atoms with Crippen molar-refractivity contribution in [3.05, 3.63) is 51.5 Å². The van der Waals surface area contributed by atoms with Crippen LogP contribution in [0.1, 0.15) is 33.1 Å². The summed E-state index contributed by atoms with van der Waals surface area (Å²) in [5.41, 5.74) is 0. The molecule has 2 rings (SSSR count). The highest BCUT2D eigenvalue weighted by Crippen LogP contribution is 2.36. The second kappa shape index (κ2) is 10.6. The first kappa shape index (κ1) is 22.3. The molecule has 0 heterocycles. The molecule has 0 fully saturated rings. The summed E-state index contributed by atoms with van der Waals surface area (Å²) < 4.78 is 16.1. The molecule has 0 aliphatic carbocycles. The molecule has 0 aliphatic heterocycles. The minimum atomic E-state index is -0.567. The zero-order valence-corrected chi connectivity index (χ0v) is 17.6. The normalized spacial score (nSPS) is 10.6. The molecule has 0 amide bonds. The standard InChI is InChI=1S/C20H19Cl3O5/c1-12(2)26-16-6-3-4-7-17(16)27-18(24)8-5-9-19(25)28-20-14(22)10-13(21)11-15(20)23/h3-4,6-7,10-12H,5,8-9H2,1-2H3. The lowest BCUT2D eigenvalue weighted by Gasteiger charge is -2.13. The first-order chi connectivity index (χ1) is 13.3. The number of esters is 2. The third-order valence-electron chi connectivity index (χ3n) is 3.38. The smallest absolute Gasteiger partial charge is 0.311 e. The lowest BCUT2D eigenvalue weighted by Crippen LogP contribution is -2.13. The van der Waals surface area contributed by atoms with Crippen LogP contribution in [0.25, 0.3) is 0 Å². The van der Waals surface area contributed by atoms with Crippen LogP contribution < -0.4 is 14.2 Å². The zero-order valence-electron chi connectivity index (χ0n) is 15.3. The molecule has 0 atom stereocenters. The Morgan fingerprint density at radius 1 is 0.893 bits per heavy atom. The van der Waals surface area contributed by atoms with Crippen LogP contribution in [-0.4, -0.2) is 18.0 Å². The fraction of sp³-hybridized carbons (Fsp3) is 0.300. The second-order valence-electron chi connectivity index (χ2n) is 6.11. The fourth-order valence-electron chi connectivity index (χ4n) is 2.23. The summed E-state index contributed by atoms with van der Waals surface area (Å²) in [6.45, 7) is 3.76. The highest BCUT2D eigenvalue weighted by Gasteiger charge is 2.15. The molecule has 5 nitrogen and oxygen atoms in total. The summed E-state index contributed by atoms with van der Waals surface area (Å²) in [5, 5.41) is 0.596. The van der Waals surface area contributed by atoms with E-state index in [9.17, 15) is 9.59 Å². The van der Waals surface area contributed by atoms with Gasteiger partial charge in [-0.1, -0.05) is 46.9 Å². The maximum Gasteiger partial charge on any atom is 0.311 e. The van der Waals surface area contributed by atoms with E-state index in [1.807, 2.05) is 13.8 Å². The number of ether oxygens (including phenoxy) is 3. The van der Waals surface area contributed by atoms with Gasteiger partial charge in [-0.25, -0.2) is 0 Å². The van der Waals surface area contributed by atoms with Gasteiger partial charge in [-0.3, -0.25) is 9.59 Å². The molecule has 150 valence electrons. The van der Waals surface area contributed by atoms with Crippen LogP contribution in [0, 0.1) is 0 Å². The zero-order chi connectivity index (χ0) is 20.7. The Balaban J connectivity index is 1.84. The molecule has 0 spiro atoms. The Morgan fingerprint density at radius 3 is 2.00 bits per heavy atom. The first-order valence-electron chi connectivity index (χ1n) is 8.58. The number of hydrogen-bond acceptors (Lipinski definition) is 5. The van der Waals surface area contributed by atoms with Gasteiger partial charge in [0.15, 0.2) is 17.2 Å². The van der Waals surface area contributed by atoms with Crippen molar-refractivity contribution >= 4 is 46.7 Å². The van der Waals surface area contributed by atoms with Crippen LogP contribution in [0.3, 0.4) is 0 Å². The largest absolute Gasteiger partial charge is 0.487 e. The third kappa shape index (κ3) is 6.89. The van der Waals surface area contributed by atoms with E-state index in [0.29, 0.717) is 16.5 Å². The molecule has 2 aromatic rings. The summed E-state index contributed by atoms with van der Waals surface area (Å²) in [6.07, 6.45) is 0.219. The van der Waals surface area contributed by atoms with Crippen LogP contribution >= 0.6 is 34.8 Å². The highest BCUT2D eigenvalue weighted by molar-refractivity contribution is 6.40. The Hall–Kier alpha value is -1.95. The van der Waals surface area contributed by atoms with E-state index in [0.717, 1.165) is 0 Å². The number of para-hydroxylation sites is 2. The Labute approximate surface area is 178 Å². The van der Waals surface area contributed by atoms with Gasteiger partial charge < -0.3 is 14.2 Å². The molecule has 2 aromatic carbocycles. The predicted octanol–water partition coefficient (Wildman–Crippen LogP) is 6.12. The van der Waals surface area contributed by atoms with Gasteiger partial charge in [0.1, 0.15) is 0 Å². The molecule has 28 heavy (non-hydrogen) atoms. The SMILES string of the molecule is CC(C)Oc1ccccc1OC(=O)CCCC(=O)Oc1c(Cl)cc(Cl)cc1Cl. The van der Waals surface area contributed by atoms with E-state index in [1.54, 1.807) is 24.3 Å². The van der Waals surface area contributed by atoms with Gasteiger partial charge in [0, 0.05) is 17.9 Å². The van der Waals surface area contributed by atoms with E-state index in [4.69, 9.17) is 49.0 Å². The third-order valence-corrected chi connectivity index (χ3v) is 4.16. The minimum Gasteiger partial charge on any atom is -0.487 e. The summed E-state index contributed by atoms with van der Waals surface area (Å²) in [6, 6.07) is 9.75.